The maximum Gasteiger partial charge on any atom is 0.223 e. The Morgan fingerprint density at radius 2 is 1.84 bits per heavy atom. The smallest absolute Gasteiger partial charge is 0.223 e. The number of nitrogens with one attached hydrogen (secondary N) is 2. The minimum atomic E-state index is 0.270. The lowest BCUT2D eigenvalue weighted by Gasteiger charge is -2.16. The minimum absolute atomic E-state index is 0.270. The third-order valence-electron chi connectivity index (χ3n) is 5.19. The standard InChI is InChI=1S/C16H30N2O/c1-3-16(2)12-14(16)15(19)18-11-10-17-13-8-6-4-5-7-9-13/h13-14,17H,3-12H2,1-2H3,(H,18,19). The molecule has 0 aromatic rings. The van der Waals surface area contributed by atoms with E-state index in [1.807, 2.05) is 0 Å². The lowest BCUT2D eigenvalue weighted by atomic mass is 10.0. The first-order chi connectivity index (χ1) is 9.15. The van der Waals surface area contributed by atoms with Crippen LogP contribution in [-0.4, -0.2) is 25.0 Å². The molecule has 19 heavy (non-hydrogen) atoms. The number of amides is 1. The Morgan fingerprint density at radius 1 is 1.16 bits per heavy atom. The molecule has 110 valence electrons. The molecule has 2 rings (SSSR count). The van der Waals surface area contributed by atoms with Gasteiger partial charge < -0.3 is 10.6 Å². The van der Waals surface area contributed by atoms with E-state index in [9.17, 15) is 4.79 Å². The molecule has 2 unspecified atom stereocenters. The highest BCUT2D eigenvalue weighted by atomic mass is 16.2. The van der Waals surface area contributed by atoms with Gasteiger partial charge in [0.1, 0.15) is 0 Å². The maximum absolute atomic E-state index is 11.9. The second-order valence-corrected chi connectivity index (χ2v) is 6.70. The quantitative estimate of drug-likeness (QED) is 0.573. The first-order valence-electron chi connectivity index (χ1n) is 8.17. The van der Waals surface area contributed by atoms with Gasteiger partial charge in [0.25, 0.3) is 0 Å². The van der Waals surface area contributed by atoms with Crippen molar-refractivity contribution in [1.29, 1.82) is 0 Å². The van der Waals surface area contributed by atoms with E-state index in [-0.39, 0.29) is 11.8 Å². The summed E-state index contributed by atoms with van der Waals surface area (Å²) in [6, 6.07) is 0.682. The molecule has 2 fully saturated rings. The third kappa shape index (κ3) is 4.20. The van der Waals surface area contributed by atoms with Crippen LogP contribution in [0.4, 0.5) is 0 Å². The van der Waals surface area contributed by atoms with E-state index in [1.165, 1.54) is 38.5 Å². The van der Waals surface area contributed by atoms with Gasteiger partial charge in [0, 0.05) is 25.0 Å². The summed E-state index contributed by atoms with van der Waals surface area (Å²) in [7, 11) is 0. The first-order valence-corrected chi connectivity index (χ1v) is 8.17. The summed E-state index contributed by atoms with van der Waals surface area (Å²) in [4.78, 5) is 11.9. The summed E-state index contributed by atoms with van der Waals surface area (Å²) in [5, 5.41) is 6.68. The number of hydrogen-bond acceptors (Lipinski definition) is 2. The predicted molar refractivity (Wildman–Crippen MR) is 79.0 cm³/mol. The van der Waals surface area contributed by atoms with E-state index in [0.717, 1.165) is 25.9 Å². The molecule has 0 aliphatic heterocycles. The predicted octanol–water partition coefficient (Wildman–Crippen LogP) is 2.85. The number of carbonyl (C=O) groups is 1. The molecule has 2 saturated carbocycles. The zero-order chi connectivity index (χ0) is 13.7. The lowest BCUT2D eigenvalue weighted by Crippen LogP contribution is -2.37. The van der Waals surface area contributed by atoms with Crippen LogP contribution >= 0.6 is 0 Å². The van der Waals surface area contributed by atoms with Crippen LogP contribution in [0, 0.1) is 11.3 Å². The van der Waals surface area contributed by atoms with Gasteiger partial charge in [-0.1, -0.05) is 39.5 Å². The average molecular weight is 266 g/mol. The van der Waals surface area contributed by atoms with Crippen LogP contribution in [0.3, 0.4) is 0 Å². The normalized spacial score (nSPS) is 31.8. The van der Waals surface area contributed by atoms with Crippen molar-refractivity contribution < 1.29 is 4.79 Å². The third-order valence-corrected chi connectivity index (χ3v) is 5.19. The molecule has 0 aromatic heterocycles. The minimum Gasteiger partial charge on any atom is -0.355 e. The van der Waals surface area contributed by atoms with Crippen molar-refractivity contribution >= 4 is 5.91 Å². The second-order valence-electron chi connectivity index (χ2n) is 6.70. The van der Waals surface area contributed by atoms with Crippen LogP contribution in [-0.2, 0) is 4.79 Å². The van der Waals surface area contributed by atoms with Crippen molar-refractivity contribution in [3.8, 4) is 0 Å². The Kier molecular flexibility index (Phi) is 5.26. The van der Waals surface area contributed by atoms with Crippen molar-refractivity contribution in [1.82, 2.24) is 10.6 Å². The molecule has 0 bridgehead atoms. The highest BCUT2D eigenvalue weighted by Crippen LogP contribution is 2.54. The maximum atomic E-state index is 11.9. The first kappa shape index (κ1) is 14.8. The van der Waals surface area contributed by atoms with E-state index < -0.39 is 0 Å². The lowest BCUT2D eigenvalue weighted by molar-refractivity contribution is -0.123. The van der Waals surface area contributed by atoms with E-state index in [1.54, 1.807) is 0 Å². The fraction of sp³-hybridized carbons (Fsp3) is 0.938. The van der Waals surface area contributed by atoms with Gasteiger partial charge in [-0.2, -0.15) is 0 Å². The molecule has 0 heterocycles. The van der Waals surface area contributed by atoms with Crippen LogP contribution in [0.2, 0.25) is 0 Å². The summed E-state index contributed by atoms with van der Waals surface area (Å²) in [6.45, 7) is 6.11. The number of hydrogen-bond donors (Lipinski definition) is 2. The number of carbonyl (C=O) groups excluding carboxylic acids is 1. The van der Waals surface area contributed by atoms with Crippen molar-refractivity contribution in [2.45, 2.75) is 71.3 Å². The highest BCUT2D eigenvalue weighted by molar-refractivity contribution is 5.82. The average Bonchev–Trinajstić information content (AvgIpc) is 3.15. The molecule has 3 heteroatoms. The van der Waals surface area contributed by atoms with Crippen LogP contribution in [0.25, 0.3) is 0 Å². The summed E-state index contributed by atoms with van der Waals surface area (Å²) in [5.74, 6) is 0.544. The molecule has 1 amide bonds. The monoisotopic (exact) mass is 266 g/mol. The number of rotatable bonds is 6. The molecular formula is C16H30N2O. The Hall–Kier alpha value is -0.570. The Bertz CT molecular complexity index is 297. The van der Waals surface area contributed by atoms with E-state index in [4.69, 9.17) is 0 Å². The molecule has 2 N–H and O–H groups in total. The fourth-order valence-corrected chi connectivity index (χ4v) is 3.28. The van der Waals surface area contributed by atoms with Gasteiger partial charge in [-0.15, -0.1) is 0 Å². The van der Waals surface area contributed by atoms with Gasteiger partial charge in [-0.25, -0.2) is 0 Å². The van der Waals surface area contributed by atoms with Crippen molar-refractivity contribution in [2.75, 3.05) is 13.1 Å². The Balaban J connectivity index is 1.55. The Morgan fingerprint density at radius 3 is 2.42 bits per heavy atom. The van der Waals surface area contributed by atoms with Gasteiger partial charge in [0.2, 0.25) is 5.91 Å². The molecule has 0 aromatic carbocycles. The van der Waals surface area contributed by atoms with Crippen molar-refractivity contribution in [3.05, 3.63) is 0 Å². The van der Waals surface area contributed by atoms with Gasteiger partial charge in [-0.05, 0) is 31.1 Å². The van der Waals surface area contributed by atoms with Crippen LogP contribution in [0.1, 0.15) is 65.2 Å². The summed E-state index contributed by atoms with van der Waals surface area (Å²) in [5.41, 5.74) is 0.290. The van der Waals surface area contributed by atoms with Crippen LogP contribution < -0.4 is 10.6 Å². The molecule has 0 radical (unpaired) electrons. The summed E-state index contributed by atoms with van der Waals surface area (Å²) < 4.78 is 0. The second kappa shape index (κ2) is 6.74. The van der Waals surface area contributed by atoms with Gasteiger partial charge in [0.15, 0.2) is 0 Å². The van der Waals surface area contributed by atoms with E-state index in [2.05, 4.69) is 24.5 Å². The highest BCUT2D eigenvalue weighted by Gasteiger charge is 2.52. The summed E-state index contributed by atoms with van der Waals surface area (Å²) >= 11 is 0. The Labute approximate surface area is 117 Å². The molecule has 2 aliphatic carbocycles. The van der Waals surface area contributed by atoms with Crippen molar-refractivity contribution in [2.24, 2.45) is 11.3 Å². The zero-order valence-electron chi connectivity index (χ0n) is 12.6. The van der Waals surface area contributed by atoms with Crippen LogP contribution in [0.15, 0.2) is 0 Å². The van der Waals surface area contributed by atoms with Crippen molar-refractivity contribution in [3.63, 3.8) is 0 Å². The topological polar surface area (TPSA) is 41.1 Å². The van der Waals surface area contributed by atoms with Crippen LogP contribution in [0.5, 0.6) is 0 Å². The zero-order valence-corrected chi connectivity index (χ0v) is 12.6. The van der Waals surface area contributed by atoms with Gasteiger partial charge in [-0.3, -0.25) is 4.79 Å². The van der Waals surface area contributed by atoms with E-state index >= 15 is 0 Å². The molecule has 2 atom stereocenters. The van der Waals surface area contributed by atoms with Gasteiger partial charge in [0.05, 0.1) is 0 Å². The largest absolute Gasteiger partial charge is 0.355 e. The molecule has 0 spiro atoms. The SMILES string of the molecule is CCC1(C)CC1C(=O)NCCNC1CCCCCC1. The molecule has 2 aliphatic rings. The van der Waals surface area contributed by atoms with E-state index in [0.29, 0.717) is 11.5 Å². The van der Waals surface area contributed by atoms with Gasteiger partial charge >= 0.3 is 0 Å². The molecule has 0 saturated heterocycles. The summed E-state index contributed by atoms with van der Waals surface area (Å²) in [6.07, 6.45) is 10.3. The molecule has 3 nitrogen and oxygen atoms in total. The fourth-order valence-electron chi connectivity index (χ4n) is 3.28. The molecular weight excluding hydrogens is 236 g/mol.